The van der Waals surface area contributed by atoms with Crippen LogP contribution in [0.25, 0.3) is 0 Å². The SMILES string of the molecule is C=C[C@]1(O)CC[C@]2(CC1)C(=N)c1cc(N)cnc12. The molecule has 2 aliphatic carbocycles. The fourth-order valence-corrected chi connectivity index (χ4v) is 3.17. The van der Waals surface area contributed by atoms with Gasteiger partial charge in [-0.15, -0.1) is 6.58 Å². The summed E-state index contributed by atoms with van der Waals surface area (Å²) in [5.41, 5.74) is 7.76. The topological polar surface area (TPSA) is 83.0 Å². The van der Waals surface area contributed by atoms with E-state index in [1.54, 1.807) is 12.3 Å². The molecule has 0 radical (unpaired) electrons. The number of anilines is 1. The third-order valence-electron chi connectivity index (χ3n) is 4.46. The Morgan fingerprint density at radius 1 is 1.39 bits per heavy atom. The molecule has 1 fully saturated rings. The first-order chi connectivity index (χ1) is 8.51. The van der Waals surface area contributed by atoms with E-state index >= 15 is 0 Å². The van der Waals surface area contributed by atoms with E-state index in [9.17, 15) is 5.11 Å². The number of nitrogen functional groups attached to an aromatic ring is 1. The van der Waals surface area contributed by atoms with Gasteiger partial charge in [-0.25, -0.2) is 0 Å². The Balaban J connectivity index is 1.94. The zero-order valence-electron chi connectivity index (χ0n) is 10.2. The van der Waals surface area contributed by atoms with Gasteiger partial charge in [0.1, 0.15) is 0 Å². The molecule has 4 heteroatoms. The van der Waals surface area contributed by atoms with E-state index in [0.29, 0.717) is 24.2 Å². The lowest BCUT2D eigenvalue weighted by Crippen LogP contribution is -2.52. The van der Waals surface area contributed by atoms with Crippen LogP contribution in [-0.2, 0) is 5.41 Å². The van der Waals surface area contributed by atoms with E-state index in [0.717, 1.165) is 24.1 Å². The fraction of sp³-hybridized carbons (Fsp3) is 0.429. The monoisotopic (exact) mass is 243 g/mol. The molecule has 1 heterocycles. The molecule has 0 aromatic carbocycles. The average molecular weight is 243 g/mol. The van der Waals surface area contributed by atoms with Crippen LogP contribution in [0.2, 0.25) is 0 Å². The number of aliphatic hydroxyl groups is 1. The number of aromatic nitrogens is 1. The summed E-state index contributed by atoms with van der Waals surface area (Å²) in [6, 6.07) is 1.82. The number of hydrogen-bond donors (Lipinski definition) is 3. The second-order valence-electron chi connectivity index (χ2n) is 5.43. The molecule has 4 N–H and O–H groups in total. The molecule has 0 amide bonds. The lowest BCUT2D eigenvalue weighted by molar-refractivity contribution is 0.0356. The maximum atomic E-state index is 10.2. The van der Waals surface area contributed by atoms with Crippen molar-refractivity contribution in [3.8, 4) is 0 Å². The summed E-state index contributed by atoms with van der Waals surface area (Å²) in [5, 5.41) is 18.4. The minimum Gasteiger partial charge on any atom is -0.397 e. The van der Waals surface area contributed by atoms with Crippen LogP contribution < -0.4 is 5.73 Å². The van der Waals surface area contributed by atoms with Crippen LogP contribution in [0, 0.1) is 5.41 Å². The molecule has 0 saturated heterocycles. The molecule has 1 aromatic rings. The average Bonchev–Trinajstić information content (AvgIpc) is 2.39. The van der Waals surface area contributed by atoms with Crippen molar-refractivity contribution >= 4 is 11.4 Å². The van der Waals surface area contributed by atoms with Gasteiger partial charge in [0.2, 0.25) is 0 Å². The first-order valence-electron chi connectivity index (χ1n) is 6.22. The number of rotatable bonds is 1. The molecular formula is C14H17N3O. The molecule has 1 aromatic heterocycles. The Morgan fingerprint density at radius 3 is 2.67 bits per heavy atom. The Bertz CT molecular complexity index is 542. The molecule has 0 unspecified atom stereocenters. The first kappa shape index (κ1) is 11.4. The van der Waals surface area contributed by atoms with Crippen molar-refractivity contribution in [3.05, 3.63) is 36.2 Å². The third kappa shape index (κ3) is 1.29. The van der Waals surface area contributed by atoms with Gasteiger partial charge in [-0.2, -0.15) is 0 Å². The van der Waals surface area contributed by atoms with Crippen molar-refractivity contribution in [3.63, 3.8) is 0 Å². The standard InChI is InChI=1S/C14H17N3O/c1-2-13(18)3-5-14(6-4-13)11(16)10-7-9(15)8-17-12(10)14/h2,7-8,16,18H,1,3-6,15H2/t13-,14-. The van der Waals surface area contributed by atoms with Crippen LogP contribution in [-0.4, -0.2) is 21.4 Å². The summed E-state index contributed by atoms with van der Waals surface area (Å²) < 4.78 is 0. The number of pyridine rings is 1. The minimum absolute atomic E-state index is 0.252. The number of fused-ring (bicyclic) bond motifs is 2. The lowest BCUT2D eigenvalue weighted by atomic mass is 9.56. The van der Waals surface area contributed by atoms with E-state index < -0.39 is 5.60 Å². The maximum Gasteiger partial charge on any atom is 0.0826 e. The minimum atomic E-state index is -0.769. The summed E-state index contributed by atoms with van der Waals surface area (Å²) >= 11 is 0. The highest BCUT2D eigenvalue weighted by molar-refractivity contribution is 6.15. The van der Waals surface area contributed by atoms with Crippen molar-refractivity contribution in [1.82, 2.24) is 4.98 Å². The van der Waals surface area contributed by atoms with E-state index in [-0.39, 0.29) is 5.41 Å². The van der Waals surface area contributed by atoms with Gasteiger partial charge >= 0.3 is 0 Å². The molecule has 4 nitrogen and oxygen atoms in total. The summed E-state index contributed by atoms with van der Waals surface area (Å²) in [7, 11) is 0. The van der Waals surface area contributed by atoms with Gasteiger partial charge < -0.3 is 16.2 Å². The fourth-order valence-electron chi connectivity index (χ4n) is 3.17. The molecule has 0 aliphatic heterocycles. The smallest absolute Gasteiger partial charge is 0.0826 e. The highest BCUT2D eigenvalue weighted by Gasteiger charge is 2.53. The second-order valence-corrected chi connectivity index (χ2v) is 5.43. The largest absolute Gasteiger partial charge is 0.397 e. The lowest BCUT2D eigenvalue weighted by Gasteiger charge is -2.49. The Hall–Kier alpha value is -1.68. The Kier molecular flexibility index (Phi) is 2.17. The summed E-state index contributed by atoms with van der Waals surface area (Å²) in [4.78, 5) is 4.39. The molecule has 0 atom stereocenters. The van der Waals surface area contributed by atoms with E-state index in [4.69, 9.17) is 11.1 Å². The second kappa shape index (κ2) is 3.42. The van der Waals surface area contributed by atoms with Crippen molar-refractivity contribution in [2.75, 3.05) is 5.73 Å². The molecule has 94 valence electrons. The van der Waals surface area contributed by atoms with Crippen LogP contribution in [0.15, 0.2) is 24.9 Å². The summed E-state index contributed by atoms with van der Waals surface area (Å²) in [5.74, 6) is 0. The van der Waals surface area contributed by atoms with Crippen LogP contribution >= 0.6 is 0 Å². The molecular weight excluding hydrogens is 226 g/mol. The van der Waals surface area contributed by atoms with Gasteiger partial charge in [-0.05, 0) is 31.7 Å². The van der Waals surface area contributed by atoms with Gasteiger partial charge in [0.15, 0.2) is 0 Å². The zero-order chi connectivity index (χ0) is 13.0. The highest BCUT2D eigenvalue weighted by Crippen LogP contribution is 2.51. The van der Waals surface area contributed by atoms with Gasteiger partial charge in [0.25, 0.3) is 0 Å². The van der Waals surface area contributed by atoms with E-state index in [1.807, 2.05) is 6.07 Å². The highest BCUT2D eigenvalue weighted by atomic mass is 16.3. The first-order valence-corrected chi connectivity index (χ1v) is 6.22. The molecule has 3 rings (SSSR count). The van der Waals surface area contributed by atoms with Crippen LogP contribution in [0.3, 0.4) is 0 Å². The molecule has 18 heavy (non-hydrogen) atoms. The van der Waals surface area contributed by atoms with Gasteiger partial charge in [0, 0.05) is 5.56 Å². The normalized spacial score (nSPS) is 33.9. The third-order valence-corrected chi connectivity index (χ3v) is 4.46. The quantitative estimate of drug-likeness (QED) is 0.657. The van der Waals surface area contributed by atoms with Crippen molar-refractivity contribution in [2.45, 2.75) is 36.7 Å². The number of hydrogen-bond acceptors (Lipinski definition) is 4. The van der Waals surface area contributed by atoms with Crippen LogP contribution in [0.5, 0.6) is 0 Å². The zero-order valence-corrected chi connectivity index (χ0v) is 10.2. The van der Waals surface area contributed by atoms with Gasteiger partial charge in [-0.3, -0.25) is 4.98 Å². The van der Waals surface area contributed by atoms with Gasteiger partial charge in [-0.1, -0.05) is 6.08 Å². The van der Waals surface area contributed by atoms with Crippen LogP contribution in [0.4, 0.5) is 5.69 Å². The summed E-state index contributed by atoms with van der Waals surface area (Å²) in [6.45, 7) is 3.69. The molecule has 0 bridgehead atoms. The Labute approximate surface area is 106 Å². The number of nitrogens with zero attached hydrogens (tertiary/aromatic N) is 1. The molecule has 1 saturated carbocycles. The van der Waals surface area contributed by atoms with Crippen molar-refractivity contribution in [2.24, 2.45) is 0 Å². The molecule has 2 aliphatic rings. The van der Waals surface area contributed by atoms with Gasteiger partial charge in [0.05, 0.1) is 34.3 Å². The number of nitrogens with two attached hydrogens (primary N) is 1. The van der Waals surface area contributed by atoms with Crippen molar-refractivity contribution in [1.29, 1.82) is 5.41 Å². The van der Waals surface area contributed by atoms with E-state index in [2.05, 4.69) is 11.6 Å². The van der Waals surface area contributed by atoms with Crippen molar-refractivity contribution < 1.29 is 5.11 Å². The summed E-state index contributed by atoms with van der Waals surface area (Å²) in [6.07, 6.45) is 6.09. The predicted octanol–water partition coefficient (Wildman–Crippen LogP) is 1.77. The predicted molar refractivity (Wildman–Crippen MR) is 70.8 cm³/mol. The number of nitrogens with one attached hydrogen (secondary N) is 1. The molecule has 1 spiro atoms. The van der Waals surface area contributed by atoms with E-state index in [1.165, 1.54) is 0 Å². The van der Waals surface area contributed by atoms with Crippen LogP contribution in [0.1, 0.15) is 36.9 Å². The maximum absolute atomic E-state index is 10.2. The Morgan fingerprint density at radius 2 is 2.06 bits per heavy atom.